The number of rotatable bonds is 5. The Bertz CT molecular complexity index is 848. The topological polar surface area (TPSA) is 68.0 Å². The van der Waals surface area contributed by atoms with Crippen molar-refractivity contribution in [3.05, 3.63) is 46.6 Å². The second-order valence-electron chi connectivity index (χ2n) is 7.88. The molecule has 1 aromatic heterocycles. The molecule has 4 rings (SSSR count). The third kappa shape index (κ3) is 4.79. The Morgan fingerprint density at radius 2 is 1.96 bits per heavy atom. The van der Waals surface area contributed by atoms with Crippen molar-refractivity contribution in [2.45, 2.75) is 57.4 Å². The Morgan fingerprint density at radius 3 is 2.68 bits per heavy atom. The summed E-state index contributed by atoms with van der Waals surface area (Å²) in [5, 5.41) is 4.52. The highest BCUT2D eigenvalue weighted by Gasteiger charge is 2.25. The first-order chi connectivity index (χ1) is 13.1. The van der Waals surface area contributed by atoms with Crippen molar-refractivity contribution in [2.24, 2.45) is 11.7 Å². The molecule has 0 saturated heterocycles. The fourth-order valence-electron chi connectivity index (χ4n) is 4.48. The number of anilines is 1. The van der Waals surface area contributed by atoms with E-state index < -0.39 is 0 Å². The first kappa shape index (κ1) is 20.9. The van der Waals surface area contributed by atoms with E-state index in [0.29, 0.717) is 18.4 Å². The molecule has 0 radical (unpaired) electrons. The summed E-state index contributed by atoms with van der Waals surface area (Å²) in [7, 11) is 0. The smallest absolute Gasteiger partial charge is 0.217 e. The second-order valence-corrected chi connectivity index (χ2v) is 8.31. The first-order valence-electron chi connectivity index (χ1n) is 9.92. The van der Waals surface area contributed by atoms with E-state index >= 15 is 0 Å². The number of carbonyl (C=O) groups is 1. The van der Waals surface area contributed by atoms with E-state index in [-0.39, 0.29) is 18.3 Å². The van der Waals surface area contributed by atoms with Crippen molar-refractivity contribution >= 4 is 35.6 Å². The maximum absolute atomic E-state index is 11.2. The average Bonchev–Trinajstić information content (AvgIpc) is 3.12. The highest BCUT2D eigenvalue weighted by atomic mass is 35.5. The SMILES string of the molecule is Cl.NC(=O)CC1CCC(Nc2cc(-c3cccc(Cl)c3)nc3c2CCC3)CC1. The van der Waals surface area contributed by atoms with E-state index in [0.717, 1.165) is 54.8 Å². The molecular formula is C22H27Cl2N3O. The van der Waals surface area contributed by atoms with Crippen molar-refractivity contribution < 1.29 is 4.79 Å². The Morgan fingerprint density at radius 1 is 1.18 bits per heavy atom. The van der Waals surface area contributed by atoms with Crippen LogP contribution in [0.2, 0.25) is 5.02 Å². The van der Waals surface area contributed by atoms with E-state index in [1.165, 1.54) is 23.4 Å². The summed E-state index contributed by atoms with van der Waals surface area (Å²) < 4.78 is 0. The maximum atomic E-state index is 11.2. The molecule has 0 atom stereocenters. The van der Waals surface area contributed by atoms with E-state index in [1.54, 1.807) is 0 Å². The standard InChI is InChI=1S/C22H26ClN3O.ClH/c23-16-4-1-3-15(12-16)20-13-21(18-5-2-6-19(18)26-20)25-17-9-7-14(8-10-17)11-22(24)27;/h1,3-4,12-14,17H,2,5-11H2,(H2,24,27)(H,25,26);1H. The van der Waals surface area contributed by atoms with Gasteiger partial charge in [0.15, 0.2) is 0 Å². The lowest BCUT2D eigenvalue weighted by atomic mass is 9.84. The van der Waals surface area contributed by atoms with Crippen molar-refractivity contribution in [1.29, 1.82) is 0 Å². The summed E-state index contributed by atoms with van der Waals surface area (Å²) in [6.45, 7) is 0. The molecule has 28 heavy (non-hydrogen) atoms. The summed E-state index contributed by atoms with van der Waals surface area (Å²) in [6.07, 6.45) is 8.13. The van der Waals surface area contributed by atoms with Crippen molar-refractivity contribution in [3.8, 4) is 11.3 Å². The number of primary amides is 1. The van der Waals surface area contributed by atoms with Crippen LogP contribution in [0, 0.1) is 5.92 Å². The van der Waals surface area contributed by atoms with E-state index in [4.69, 9.17) is 22.3 Å². The van der Waals surface area contributed by atoms with Crippen LogP contribution in [0.3, 0.4) is 0 Å². The van der Waals surface area contributed by atoms with Gasteiger partial charge in [-0.25, -0.2) is 0 Å². The van der Waals surface area contributed by atoms with Crippen LogP contribution in [-0.4, -0.2) is 16.9 Å². The highest BCUT2D eigenvalue weighted by molar-refractivity contribution is 6.30. The summed E-state index contributed by atoms with van der Waals surface area (Å²) >= 11 is 6.18. The Kier molecular flexibility index (Phi) is 6.84. The quantitative estimate of drug-likeness (QED) is 0.702. The number of hydrogen-bond donors (Lipinski definition) is 2. The largest absolute Gasteiger partial charge is 0.382 e. The van der Waals surface area contributed by atoms with Gasteiger partial charge < -0.3 is 11.1 Å². The number of fused-ring (bicyclic) bond motifs is 1. The third-order valence-corrected chi connectivity index (χ3v) is 6.10. The summed E-state index contributed by atoms with van der Waals surface area (Å²) in [4.78, 5) is 16.1. The van der Waals surface area contributed by atoms with Gasteiger partial charge in [-0.15, -0.1) is 12.4 Å². The van der Waals surface area contributed by atoms with Crippen molar-refractivity contribution in [1.82, 2.24) is 4.98 Å². The molecule has 0 unspecified atom stereocenters. The van der Waals surface area contributed by atoms with E-state index in [2.05, 4.69) is 17.4 Å². The molecule has 150 valence electrons. The molecule has 3 N–H and O–H groups in total. The number of halogens is 2. The first-order valence-corrected chi connectivity index (χ1v) is 10.3. The van der Waals surface area contributed by atoms with Gasteiger partial charge in [0, 0.05) is 34.4 Å². The zero-order valence-electron chi connectivity index (χ0n) is 15.9. The summed E-state index contributed by atoms with van der Waals surface area (Å²) in [6, 6.07) is 10.5. The lowest BCUT2D eigenvalue weighted by Gasteiger charge is -2.30. The van der Waals surface area contributed by atoms with Gasteiger partial charge in [-0.3, -0.25) is 9.78 Å². The third-order valence-electron chi connectivity index (χ3n) is 5.87. The summed E-state index contributed by atoms with van der Waals surface area (Å²) in [5.74, 6) is 0.273. The van der Waals surface area contributed by atoms with Crippen molar-refractivity contribution in [3.63, 3.8) is 0 Å². The normalized spacial score (nSPS) is 20.9. The maximum Gasteiger partial charge on any atom is 0.217 e. The molecule has 2 aliphatic carbocycles. The van der Waals surface area contributed by atoms with E-state index in [1.807, 2.05) is 18.2 Å². The highest BCUT2D eigenvalue weighted by Crippen LogP contribution is 2.35. The summed E-state index contributed by atoms with van der Waals surface area (Å²) in [5.41, 5.74) is 11.2. The van der Waals surface area contributed by atoms with Crippen LogP contribution in [0.4, 0.5) is 5.69 Å². The zero-order chi connectivity index (χ0) is 18.8. The minimum absolute atomic E-state index is 0. The fraction of sp³-hybridized carbons (Fsp3) is 0.455. The number of nitrogens with two attached hydrogens (primary N) is 1. The van der Waals surface area contributed by atoms with Gasteiger partial charge in [-0.2, -0.15) is 0 Å². The number of nitrogens with one attached hydrogen (secondary N) is 1. The fourth-order valence-corrected chi connectivity index (χ4v) is 4.67. The molecule has 1 aromatic carbocycles. The monoisotopic (exact) mass is 419 g/mol. The molecule has 1 saturated carbocycles. The number of carbonyl (C=O) groups excluding carboxylic acids is 1. The van der Waals surface area contributed by atoms with Gasteiger partial charge in [0.05, 0.1) is 5.69 Å². The minimum Gasteiger partial charge on any atom is -0.382 e. The predicted octanol–water partition coefficient (Wildman–Crippen LogP) is 5.16. The number of aromatic nitrogens is 1. The molecule has 6 heteroatoms. The number of benzene rings is 1. The Balaban J connectivity index is 0.00000225. The molecular weight excluding hydrogens is 393 g/mol. The Labute approximate surface area is 177 Å². The van der Waals surface area contributed by atoms with Gasteiger partial charge >= 0.3 is 0 Å². The van der Waals surface area contributed by atoms with E-state index in [9.17, 15) is 4.79 Å². The molecule has 1 heterocycles. The van der Waals surface area contributed by atoms with Gasteiger partial charge in [-0.1, -0.05) is 23.7 Å². The molecule has 0 aliphatic heterocycles. The van der Waals surface area contributed by atoms with Gasteiger partial charge in [0.1, 0.15) is 0 Å². The van der Waals surface area contributed by atoms with Gasteiger partial charge in [-0.05, 0) is 74.6 Å². The van der Waals surface area contributed by atoms with Crippen LogP contribution >= 0.6 is 24.0 Å². The number of hydrogen-bond acceptors (Lipinski definition) is 3. The molecule has 4 nitrogen and oxygen atoms in total. The lowest BCUT2D eigenvalue weighted by molar-refractivity contribution is -0.119. The zero-order valence-corrected chi connectivity index (χ0v) is 17.5. The van der Waals surface area contributed by atoms with Crippen LogP contribution < -0.4 is 11.1 Å². The van der Waals surface area contributed by atoms with Gasteiger partial charge in [0.2, 0.25) is 5.91 Å². The molecule has 0 spiro atoms. The molecule has 1 fully saturated rings. The Hall–Kier alpha value is -1.78. The van der Waals surface area contributed by atoms with Crippen molar-refractivity contribution in [2.75, 3.05) is 5.32 Å². The van der Waals surface area contributed by atoms with Crippen LogP contribution in [0.1, 0.15) is 49.8 Å². The second kappa shape index (κ2) is 9.15. The molecule has 2 aliphatic rings. The number of amides is 1. The molecule has 2 aromatic rings. The van der Waals surface area contributed by atoms with Gasteiger partial charge in [0.25, 0.3) is 0 Å². The van der Waals surface area contributed by atoms with Crippen LogP contribution in [-0.2, 0) is 17.6 Å². The predicted molar refractivity (Wildman–Crippen MR) is 117 cm³/mol. The number of aryl methyl sites for hydroxylation is 1. The number of nitrogens with zero attached hydrogens (tertiary/aromatic N) is 1. The lowest BCUT2D eigenvalue weighted by Crippen LogP contribution is -2.28. The average molecular weight is 420 g/mol. The minimum atomic E-state index is -0.176. The number of pyridine rings is 1. The van der Waals surface area contributed by atoms with Crippen LogP contribution in [0.15, 0.2) is 30.3 Å². The van der Waals surface area contributed by atoms with Crippen LogP contribution in [0.25, 0.3) is 11.3 Å². The molecule has 0 bridgehead atoms. The van der Waals surface area contributed by atoms with Crippen LogP contribution in [0.5, 0.6) is 0 Å². The molecule has 1 amide bonds.